The Kier molecular flexibility index (Phi) is 7.51. The lowest BCUT2D eigenvalue weighted by molar-refractivity contribution is -0.0330. The van der Waals surface area contributed by atoms with Gasteiger partial charge in [-0.05, 0) is 24.3 Å². The van der Waals surface area contributed by atoms with Crippen molar-refractivity contribution in [3.8, 4) is 11.6 Å². The number of anilines is 2. The molecule has 2 aromatic carbocycles. The van der Waals surface area contributed by atoms with Crippen LogP contribution in [0.4, 0.5) is 11.6 Å². The molecule has 0 saturated carbocycles. The predicted molar refractivity (Wildman–Crippen MR) is 140 cm³/mol. The number of benzene rings is 2. The number of fused-ring (bicyclic) bond motifs is 1. The van der Waals surface area contributed by atoms with Gasteiger partial charge >= 0.3 is 10.2 Å². The Morgan fingerprint density at radius 2 is 1.80 bits per heavy atom. The van der Waals surface area contributed by atoms with Crippen LogP contribution >= 0.6 is 0 Å². The molecule has 4 aromatic rings. The van der Waals surface area contributed by atoms with E-state index in [9.17, 15) is 28.5 Å². The van der Waals surface area contributed by atoms with Gasteiger partial charge in [-0.2, -0.15) is 23.1 Å². The summed E-state index contributed by atoms with van der Waals surface area (Å²) in [6.45, 7) is -0.496. The standard InChI is InChI=1S/C24H25N7O8S/c1-38-22-17-20(28-24(29-22)27-13-7-3-2-4-8-13)31(12-25-17)23-19(34)18(33)16(39-23)11-26-40(36,37)30-21(35)14-9-5-6-10-15(14)32/h2-10,12,16,18-19,23,26,32-34H,11H2,1H3,(H,30,35)(H,27,28,29)/t16-,18-,19-,23-/m1/s1. The second kappa shape index (κ2) is 11.0. The van der Waals surface area contributed by atoms with E-state index in [4.69, 9.17) is 9.47 Å². The van der Waals surface area contributed by atoms with Crippen molar-refractivity contribution in [3.05, 3.63) is 66.5 Å². The van der Waals surface area contributed by atoms with E-state index in [0.29, 0.717) is 5.69 Å². The molecule has 4 atom stereocenters. The van der Waals surface area contributed by atoms with Crippen LogP contribution in [0.1, 0.15) is 16.6 Å². The second-order valence-electron chi connectivity index (χ2n) is 8.72. The first-order valence-electron chi connectivity index (χ1n) is 11.9. The van der Waals surface area contributed by atoms with Gasteiger partial charge in [0.15, 0.2) is 17.4 Å². The number of aliphatic hydroxyl groups is 2. The fraction of sp³-hybridized carbons (Fsp3) is 0.250. The molecule has 6 N–H and O–H groups in total. The first kappa shape index (κ1) is 27.2. The number of hydrogen-bond acceptors (Lipinski definition) is 12. The largest absolute Gasteiger partial charge is 0.507 e. The molecule has 3 heterocycles. The van der Waals surface area contributed by atoms with Gasteiger partial charge in [0.1, 0.15) is 24.1 Å². The number of para-hydroxylation sites is 2. The molecule has 0 bridgehead atoms. The minimum Gasteiger partial charge on any atom is -0.507 e. The lowest BCUT2D eigenvalue weighted by Crippen LogP contribution is -2.45. The van der Waals surface area contributed by atoms with Crippen molar-refractivity contribution in [1.82, 2.24) is 29.0 Å². The van der Waals surface area contributed by atoms with Crippen molar-refractivity contribution in [2.45, 2.75) is 24.5 Å². The molecule has 15 nitrogen and oxygen atoms in total. The van der Waals surface area contributed by atoms with Gasteiger partial charge in [0, 0.05) is 12.2 Å². The van der Waals surface area contributed by atoms with Crippen LogP contribution in [0.15, 0.2) is 60.9 Å². The molecule has 0 aliphatic carbocycles. The van der Waals surface area contributed by atoms with Crippen LogP contribution in [0.25, 0.3) is 11.2 Å². The van der Waals surface area contributed by atoms with Crippen LogP contribution < -0.4 is 19.5 Å². The Morgan fingerprint density at radius 1 is 1.07 bits per heavy atom. The minimum absolute atomic E-state index is 0.153. The first-order chi connectivity index (χ1) is 19.2. The Bertz CT molecular complexity index is 1630. The average molecular weight is 572 g/mol. The SMILES string of the molecule is COc1nc(Nc2ccccc2)nc2c1ncn2[C@@H]1O[C@H](CNS(=O)(=O)NC(=O)c2ccccc2O)[C@@H](O)[C@H]1O. The number of aliphatic hydroxyl groups excluding tert-OH is 2. The predicted octanol–water partition coefficient (Wildman–Crippen LogP) is 0.168. The molecule has 1 fully saturated rings. The summed E-state index contributed by atoms with van der Waals surface area (Å²) < 4.78 is 41.3. The number of hydrogen-bond donors (Lipinski definition) is 6. The number of carbonyl (C=O) groups is 1. The summed E-state index contributed by atoms with van der Waals surface area (Å²) in [6, 6.07) is 14.6. The van der Waals surface area contributed by atoms with E-state index < -0.39 is 53.0 Å². The Balaban J connectivity index is 1.32. The van der Waals surface area contributed by atoms with Gasteiger partial charge in [-0.3, -0.25) is 9.36 Å². The highest BCUT2D eigenvalue weighted by Gasteiger charge is 2.44. The number of nitrogens with zero attached hydrogens (tertiary/aromatic N) is 4. The molecule has 0 unspecified atom stereocenters. The number of aromatic hydroxyl groups is 1. The zero-order valence-corrected chi connectivity index (χ0v) is 21.7. The van der Waals surface area contributed by atoms with Crippen molar-refractivity contribution in [2.24, 2.45) is 0 Å². The number of phenols is 1. The Hall–Kier alpha value is -4.35. The highest BCUT2D eigenvalue weighted by molar-refractivity contribution is 7.88. The van der Waals surface area contributed by atoms with Crippen molar-refractivity contribution in [2.75, 3.05) is 19.0 Å². The normalized spacial score (nSPS) is 20.9. The Morgan fingerprint density at radius 3 is 2.52 bits per heavy atom. The van der Waals surface area contributed by atoms with Gasteiger partial charge in [0.25, 0.3) is 5.91 Å². The maximum absolute atomic E-state index is 12.4. The quantitative estimate of drug-likeness (QED) is 0.159. The van der Waals surface area contributed by atoms with Gasteiger partial charge in [-0.25, -0.2) is 9.71 Å². The van der Waals surface area contributed by atoms with E-state index in [-0.39, 0.29) is 28.6 Å². The molecule has 0 radical (unpaired) electrons. The number of methoxy groups -OCH3 is 1. The van der Waals surface area contributed by atoms with Crippen molar-refractivity contribution in [3.63, 3.8) is 0 Å². The van der Waals surface area contributed by atoms with Crippen LogP contribution in [-0.4, -0.2) is 81.1 Å². The molecular formula is C24H25N7O8S. The molecule has 0 spiro atoms. The third-order valence-corrected chi connectivity index (χ3v) is 7.08. The van der Waals surface area contributed by atoms with Gasteiger partial charge in [0.05, 0.1) is 19.0 Å². The third kappa shape index (κ3) is 5.51. The summed E-state index contributed by atoms with van der Waals surface area (Å²) in [4.78, 5) is 25.3. The molecule has 1 aliphatic heterocycles. The maximum atomic E-state index is 12.4. The number of aromatic nitrogens is 4. The molecule has 5 rings (SSSR count). The summed E-state index contributed by atoms with van der Waals surface area (Å²) >= 11 is 0. The number of carbonyl (C=O) groups excluding carboxylic acids is 1. The van der Waals surface area contributed by atoms with Gasteiger partial charge in [-0.15, -0.1) is 0 Å². The molecule has 16 heteroatoms. The number of ether oxygens (including phenoxy) is 2. The molecule has 1 aliphatic rings. The van der Waals surface area contributed by atoms with Crippen LogP contribution in [0, 0.1) is 0 Å². The van der Waals surface area contributed by atoms with E-state index >= 15 is 0 Å². The van der Waals surface area contributed by atoms with Crippen LogP contribution in [0.5, 0.6) is 11.6 Å². The van der Waals surface area contributed by atoms with E-state index in [1.807, 2.05) is 30.3 Å². The van der Waals surface area contributed by atoms with Crippen LogP contribution in [0.2, 0.25) is 0 Å². The van der Waals surface area contributed by atoms with Crippen molar-refractivity contribution >= 4 is 38.9 Å². The summed E-state index contributed by atoms with van der Waals surface area (Å²) in [5.74, 6) is -1.13. The summed E-state index contributed by atoms with van der Waals surface area (Å²) in [5.41, 5.74) is 0.954. The maximum Gasteiger partial charge on any atom is 0.301 e. The minimum atomic E-state index is -4.42. The summed E-state index contributed by atoms with van der Waals surface area (Å²) in [5, 5.41) is 34.2. The Labute approximate surface area is 227 Å². The van der Waals surface area contributed by atoms with Gasteiger partial charge in [0.2, 0.25) is 11.8 Å². The zero-order valence-electron chi connectivity index (χ0n) is 20.9. The lowest BCUT2D eigenvalue weighted by atomic mass is 10.1. The second-order valence-corrected chi connectivity index (χ2v) is 10.2. The molecule has 1 saturated heterocycles. The summed E-state index contributed by atoms with van der Waals surface area (Å²) in [7, 11) is -3.01. The van der Waals surface area contributed by atoms with E-state index in [2.05, 4.69) is 25.0 Å². The van der Waals surface area contributed by atoms with E-state index in [1.54, 1.807) is 4.72 Å². The fourth-order valence-corrected chi connectivity index (χ4v) is 4.93. The highest BCUT2D eigenvalue weighted by atomic mass is 32.2. The fourth-order valence-electron chi connectivity index (χ4n) is 4.12. The van der Waals surface area contributed by atoms with Crippen molar-refractivity contribution < 1.29 is 38.0 Å². The summed E-state index contributed by atoms with van der Waals surface area (Å²) in [6.07, 6.45) is -4.08. The van der Waals surface area contributed by atoms with Gasteiger partial charge in [-0.1, -0.05) is 30.3 Å². The highest BCUT2D eigenvalue weighted by Crippen LogP contribution is 2.33. The third-order valence-electron chi connectivity index (χ3n) is 6.07. The monoisotopic (exact) mass is 571 g/mol. The lowest BCUT2D eigenvalue weighted by Gasteiger charge is -2.17. The van der Waals surface area contributed by atoms with Gasteiger partial charge < -0.3 is 30.1 Å². The van der Waals surface area contributed by atoms with Crippen LogP contribution in [-0.2, 0) is 14.9 Å². The molecule has 1 amide bonds. The van der Waals surface area contributed by atoms with Crippen molar-refractivity contribution in [1.29, 1.82) is 0 Å². The average Bonchev–Trinajstić information content (AvgIpc) is 3.48. The smallest absolute Gasteiger partial charge is 0.301 e. The molecular weight excluding hydrogens is 546 g/mol. The van der Waals surface area contributed by atoms with E-state index in [1.165, 1.54) is 42.3 Å². The zero-order chi connectivity index (χ0) is 28.4. The number of rotatable bonds is 9. The topological polar surface area (TPSA) is 210 Å². The molecule has 210 valence electrons. The van der Waals surface area contributed by atoms with Crippen LogP contribution in [0.3, 0.4) is 0 Å². The number of imidazole rings is 1. The number of nitrogens with one attached hydrogen (secondary N) is 3. The number of amides is 1. The molecule has 2 aromatic heterocycles. The number of phenolic OH excluding ortho intramolecular Hbond substituents is 1. The first-order valence-corrected chi connectivity index (χ1v) is 13.4. The van der Waals surface area contributed by atoms with E-state index in [0.717, 1.165) is 0 Å². The molecule has 40 heavy (non-hydrogen) atoms.